The van der Waals surface area contributed by atoms with Crippen LogP contribution in [0.2, 0.25) is 0 Å². The molecule has 1 aromatic heterocycles. The number of pyridine rings is 1. The van der Waals surface area contributed by atoms with E-state index in [0.29, 0.717) is 13.2 Å². The minimum atomic E-state index is -4.52. The van der Waals surface area contributed by atoms with Gasteiger partial charge in [0.25, 0.3) is 0 Å². The summed E-state index contributed by atoms with van der Waals surface area (Å²) in [5.41, 5.74) is -1.09. The van der Waals surface area contributed by atoms with Crippen LogP contribution in [0.4, 0.5) is 13.2 Å². The van der Waals surface area contributed by atoms with Crippen molar-refractivity contribution in [3.05, 3.63) is 29.6 Å². The molecule has 0 bridgehead atoms. The highest BCUT2D eigenvalue weighted by Crippen LogP contribution is 2.35. The normalized spacial score (nSPS) is 22.2. The standard InChI is InChI=1S/C14H19F3N2O2/c1-2-5-19-6-7-21-12(9-19)13(20)10-8-18-4-3-11(10)14(15,16)17/h3-4,8,12-13,20H,2,5-7,9H2,1H3. The molecule has 1 aromatic rings. The van der Waals surface area contributed by atoms with Crippen molar-refractivity contribution in [1.82, 2.24) is 9.88 Å². The molecule has 21 heavy (non-hydrogen) atoms. The molecule has 0 aromatic carbocycles. The van der Waals surface area contributed by atoms with E-state index in [1.165, 1.54) is 0 Å². The largest absolute Gasteiger partial charge is 0.416 e. The van der Waals surface area contributed by atoms with Gasteiger partial charge >= 0.3 is 6.18 Å². The molecule has 1 saturated heterocycles. The Morgan fingerprint density at radius 3 is 2.95 bits per heavy atom. The van der Waals surface area contributed by atoms with Crippen LogP contribution in [0.5, 0.6) is 0 Å². The van der Waals surface area contributed by atoms with Crippen molar-refractivity contribution in [1.29, 1.82) is 0 Å². The highest BCUT2D eigenvalue weighted by atomic mass is 19.4. The maximum atomic E-state index is 13.0. The molecule has 0 aliphatic carbocycles. The zero-order valence-electron chi connectivity index (χ0n) is 11.8. The van der Waals surface area contributed by atoms with Gasteiger partial charge in [0.15, 0.2) is 0 Å². The highest BCUT2D eigenvalue weighted by molar-refractivity contribution is 5.29. The van der Waals surface area contributed by atoms with E-state index >= 15 is 0 Å². The molecule has 0 saturated carbocycles. The summed E-state index contributed by atoms with van der Waals surface area (Å²) in [7, 11) is 0. The summed E-state index contributed by atoms with van der Waals surface area (Å²) in [6.45, 7) is 4.43. The van der Waals surface area contributed by atoms with Crippen molar-refractivity contribution in [3.63, 3.8) is 0 Å². The second-order valence-corrected chi connectivity index (χ2v) is 5.12. The van der Waals surface area contributed by atoms with Gasteiger partial charge in [-0.3, -0.25) is 9.88 Å². The Balaban J connectivity index is 2.18. The number of morpholine rings is 1. The summed E-state index contributed by atoms with van der Waals surface area (Å²) >= 11 is 0. The second-order valence-electron chi connectivity index (χ2n) is 5.12. The van der Waals surface area contributed by atoms with Crippen molar-refractivity contribution >= 4 is 0 Å². The first kappa shape index (κ1) is 16.2. The molecule has 7 heteroatoms. The molecule has 2 atom stereocenters. The molecule has 2 rings (SSSR count). The van der Waals surface area contributed by atoms with E-state index in [1.807, 2.05) is 6.92 Å². The monoisotopic (exact) mass is 304 g/mol. The number of aromatic nitrogens is 1. The summed E-state index contributed by atoms with van der Waals surface area (Å²) in [4.78, 5) is 5.79. The van der Waals surface area contributed by atoms with Crippen LogP contribution in [0.1, 0.15) is 30.6 Å². The van der Waals surface area contributed by atoms with Crippen LogP contribution in [0.15, 0.2) is 18.5 Å². The highest BCUT2D eigenvalue weighted by Gasteiger charge is 2.38. The first-order valence-corrected chi connectivity index (χ1v) is 6.96. The minimum Gasteiger partial charge on any atom is -0.386 e. The smallest absolute Gasteiger partial charge is 0.386 e. The fourth-order valence-corrected chi connectivity index (χ4v) is 2.54. The molecule has 1 aliphatic rings. The Morgan fingerprint density at radius 1 is 1.52 bits per heavy atom. The lowest BCUT2D eigenvalue weighted by atomic mass is 9.99. The van der Waals surface area contributed by atoms with Crippen LogP contribution < -0.4 is 0 Å². The van der Waals surface area contributed by atoms with Crippen molar-refractivity contribution in [2.75, 3.05) is 26.2 Å². The van der Waals surface area contributed by atoms with Gasteiger partial charge < -0.3 is 9.84 Å². The molecule has 0 spiro atoms. The first-order chi connectivity index (χ1) is 9.93. The maximum absolute atomic E-state index is 13.0. The van der Waals surface area contributed by atoms with Gasteiger partial charge in [-0.05, 0) is 19.0 Å². The van der Waals surface area contributed by atoms with Crippen molar-refractivity contribution < 1.29 is 23.0 Å². The number of alkyl halides is 3. The van der Waals surface area contributed by atoms with Gasteiger partial charge in [0.05, 0.1) is 12.2 Å². The number of ether oxygens (including phenoxy) is 1. The minimum absolute atomic E-state index is 0.228. The summed E-state index contributed by atoms with van der Waals surface area (Å²) < 4.78 is 44.4. The lowest BCUT2D eigenvalue weighted by Gasteiger charge is -2.35. The quantitative estimate of drug-likeness (QED) is 0.927. The summed E-state index contributed by atoms with van der Waals surface area (Å²) in [6.07, 6.45) is -3.44. The average Bonchev–Trinajstić information content (AvgIpc) is 2.46. The predicted octanol–water partition coefficient (Wildman–Crippen LogP) is 2.24. The Hall–Kier alpha value is -1.18. The zero-order valence-corrected chi connectivity index (χ0v) is 11.8. The third-order valence-corrected chi connectivity index (χ3v) is 3.55. The van der Waals surface area contributed by atoms with Crippen LogP contribution in [0.3, 0.4) is 0 Å². The van der Waals surface area contributed by atoms with E-state index in [2.05, 4.69) is 9.88 Å². The van der Waals surface area contributed by atoms with Crippen LogP contribution >= 0.6 is 0 Å². The Bertz CT molecular complexity index is 466. The lowest BCUT2D eigenvalue weighted by Crippen LogP contribution is -2.45. The lowest BCUT2D eigenvalue weighted by molar-refractivity contribution is -0.141. The molecular formula is C14H19F3N2O2. The van der Waals surface area contributed by atoms with Gasteiger partial charge in [-0.1, -0.05) is 6.92 Å². The summed E-state index contributed by atoms with van der Waals surface area (Å²) in [6, 6.07) is 0.880. The molecule has 0 amide bonds. The molecule has 2 heterocycles. The number of halogens is 3. The Labute approximate surface area is 121 Å². The summed E-state index contributed by atoms with van der Waals surface area (Å²) in [5.74, 6) is 0. The van der Waals surface area contributed by atoms with E-state index in [9.17, 15) is 18.3 Å². The van der Waals surface area contributed by atoms with Crippen molar-refractivity contribution in [2.24, 2.45) is 0 Å². The number of aliphatic hydroxyl groups is 1. The summed E-state index contributed by atoms with van der Waals surface area (Å²) in [5, 5.41) is 10.3. The van der Waals surface area contributed by atoms with Crippen molar-refractivity contribution in [3.8, 4) is 0 Å². The fourth-order valence-electron chi connectivity index (χ4n) is 2.54. The number of hydrogen-bond acceptors (Lipinski definition) is 4. The van der Waals surface area contributed by atoms with E-state index < -0.39 is 23.9 Å². The number of nitrogens with zero attached hydrogens (tertiary/aromatic N) is 2. The van der Waals surface area contributed by atoms with Crippen LogP contribution in [0.25, 0.3) is 0 Å². The van der Waals surface area contributed by atoms with Crippen LogP contribution in [-0.4, -0.2) is 47.3 Å². The van der Waals surface area contributed by atoms with E-state index in [1.54, 1.807) is 0 Å². The average molecular weight is 304 g/mol. The van der Waals surface area contributed by atoms with Gasteiger partial charge in [-0.2, -0.15) is 13.2 Å². The van der Waals surface area contributed by atoms with Crippen LogP contribution in [0, 0.1) is 0 Å². The first-order valence-electron chi connectivity index (χ1n) is 6.96. The zero-order chi connectivity index (χ0) is 15.5. The fraction of sp³-hybridized carbons (Fsp3) is 0.643. The van der Waals surface area contributed by atoms with Crippen LogP contribution in [-0.2, 0) is 10.9 Å². The molecular weight excluding hydrogens is 285 g/mol. The third-order valence-electron chi connectivity index (χ3n) is 3.55. The molecule has 0 radical (unpaired) electrons. The number of hydrogen-bond donors (Lipinski definition) is 1. The van der Waals surface area contributed by atoms with Crippen molar-refractivity contribution in [2.45, 2.75) is 31.7 Å². The maximum Gasteiger partial charge on any atom is 0.416 e. The molecule has 118 valence electrons. The van der Waals surface area contributed by atoms with E-state index in [0.717, 1.165) is 38.0 Å². The third kappa shape index (κ3) is 3.93. The Morgan fingerprint density at radius 2 is 2.29 bits per heavy atom. The van der Waals surface area contributed by atoms with Gasteiger partial charge in [0.1, 0.15) is 12.2 Å². The Kier molecular flexibility index (Phi) is 5.18. The van der Waals surface area contributed by atoms with E-state index in [-0.39, 0.29) is 5.56 Å². The number of aliphatic hydroxyl groups excluding tert-OH is 1. The van der Waals surface area contributed by atoms with Gasteiger partial charge in [-0.25, -0.2) is 0 Å². The molecule has 1 aliphatic heterocycles. The van der Waals surface area contributed by atoms with Gasteiger partial charge in [-0.15, -0.1) is 0 Å². The van der Waals surface area contributed by atoms with Gasteiger partial charge in [0, 0.05) is 31.0 Å². The van der Waals surface area contributed by atoms with E-state index in [4.69, 9.17) is 4.74 Å². The molecule has 4 nitrogen and oxygen atoms in total. The molecule has 2 unspecified atom stereocenters. The molecule has 1 fully saturated rings. The van der Waals surface area contributed by atoms with Gasteiger partial charge in [0.2, 0.25) is 0 Å². The molecule has 1 N–H and O–H groups in total. The predicted molar refractivity (Wildman–Crippen MR) is 70.7 cm³/mol. The SMILES string of the molecule is CCCN1CCOC(C(O)c2cnccc2C(F)(F)F)C1. The topological polar surface area (TPSA) is 45.6 Å². The number of rotatable bonds is 4. The second kappa shape index (κ2) is 6.72.